The van der Waals surface area contributed by atoms with Crippen molar-refractivity contribution >= 4 is 82.8 Å². The molecule has 3 nitrogen and oxygen atoms in total. The molecule has 0 aliphatic rings. The highest BCUT2D eigenvalue weighted by Crippen LogP contribution is 2.37. The molecule has 0 atom stereocenters. The van der Waals surface area contributed by atoms with E-state index in [1.807, 2.05) is 24.3 Å². The van der Waals surface area contributed by atoms with Gasteiger partial charge < -0.3 is 8.83 Å². The number of benzene rings is 2. The zero-order valence-electron chi connectivity index (χ0n) is 13.1. The van der Waals surface area contributed by atoms with E-state index in [9.17, 15) is 4.79 Å². The van der Waals surface area contributed by atoms with Crippen molar-refractivity contribution < 1.29 is 13.6 Å². The monoisotopic (exact) mass is 514 g/mol. The van der Waals surface area contributed by atoms with Crippen LogP contribution in [0.1, 0.15) is 27.4 Å². The maximum Gasteiger partial charge on any atom is 0.263 e. The molecule has 0 bridgehead atoms. The van der Waals surface area contributed by atoms with Crippen LogP contribution in [0.3, 0.4) is 0 Å². The fraction of sp³-hybridized carbons (Fsp3) is 0.105. The number of ketones is 1. The Labute approximate surface area is 175 Å². The lowest BCUT2D eigenvalue weighted by atomic mass is 10.1. The van der Waals surface area contributed by atoms with Crippen molar-refractivity contribution in [3.05, 3.63) is 69.1 Å². The summed E-state index contributed by atoms with van der Waals surface area (Å²) in [5, 5.41) is 3.41. The lowest BCUT2D eigenvalue weighted by molar-refractivity contribution is 0.0985. The maximum absolute atomic E-state index is 13.3. The Balaban J connectivity index is 1.97. The number of furan rings is 2. The van der Waals surface area contributed by atoms with Crippen LogP contribution in [0.15, 0.2) is 45.2 Å². The van der Waals surface area contributed by atoms with Crippen LogP contribution >= 0.6 is 55.1 Å². The van der Waals surface area contributed by atoms with E-state index < -0.39 is 0 Å². The van der Waals surface area contributed by atoms with Crippen LogP contribution in [0.5, 0.6) is 0 Å². The summed E-state index contributed by atoms with van der Waals surface area (Å²) in [6.45, 7) is 0. The third-order valence-electron chi connectivity index (χ3n) is 4.22. The molecule has 0 spiro atoms. The van der Waals surface area contributed by atoms with Gasteiger partial charge >= 0.3 is 0 Å². The highest BCUT2D eigenvalue weighted by molar-refractivity contribution is 9.08. The zero-order chi connectivity index (χ0) is 18.4. The average Bonchev–Trinajstić information content (AvgIpc) is 3.21. The molecule has 0 saturated carbocycles. The first-order chi connectivity index (χ1) is 12.6. The Morgan fingerprint density at radius 1 is 0.808 bits per heavy atom. The lowest BCUT2D eigenvalue weighted by Crippen LogP contribution is -2.03. The van der Waals surface area contributed by atoms with Crippen molar-refractivity contribution in [3.8, 4) is 0 Å². The lowest BCUT2D eigenvalue weighted by Gasteiger charge is -1.99. The quantitative estimate of drug-likeness (QED) is 0.208. The van der Waals surface area contributed by atoms with Gasteiger partial charge in [0, 0.05) is 32.6 Å². The number of fused-ring (bicyclic) bond motifs is 2. The number of para-hydroxylation sites is 2. The second-order valence-corrected chi connectivity index (χ2v) is 7.58. The Hall–Kier alpha value is -1.27. The highest BCUT2D eigenvalue weighted by Gasteiger charge is 2.28. The molecule has 0 unspecified atom stereocenters. The molecule has 4 aromatic rings. The molecule has 26 heavy (non-hydrogen) atoms. The number of halogens is 4. The van der Waals surface area contributed by atoms with Crippen LogP contribution in [0.25, 0.3) is 21.9 Å². The summed E-state index contributed by atoms with van der Waals surface area (Å²) in [6.07, 6.45) is 0. The Morgan fingerprint density at radius 2 is 1.23 bits per heavy atom. The molecule has 2 aromatic carbocycles. The molecular weight excluding hydrogens is 507 g/mol. The predicted octanol–water partition coefficient (Wildman–Crippen LogP) is 7.51. The second-order valence-electron chi connectivity index (χ2n) is 5.65. The first-order valence-corrected chi connectivity index (χ1v) is 10.6. The van der Waals surface area contributed by atoms with E-state index in [1.165, 1.54) is 0 Å². The fourth-order valence-corrected chi connectivity index (χ4v) is 4.55. The molecule has 0 aliphatic heterocycles. The van der Waals surface area contributed by atoms with E-state index in [0.29, 0.717) is 31.9 Å². The summed E-state index contributed by atoms with van der Waals surface area (Å²) >= 11 is 19.3. The second kappa shape index (κ2) is 7.04. The topological polar surface area (TPSA) is 43.4 Å². The van der Waals surface area contributed by atoms with Crippen LogP contribution in [0.4, 0.5) is 0 Å². The molecule has 0 aliphatic carbocycles. The fourth-order valence-electron chi connectivity index (χ4n) is 3.01. The average molecular weight is 517 g/mol. The maximum atomic E-state index is 13.3. The van der Waals surface area contributed by atoms with Gasteiger partial charge in [-0.05, 0) is 12.1 Å². The number of carbonyl (C=O) groups is 1. The molecule has 0 fully saturated rings. The molecule has 132 valence electrons. The van der Waals surface area contributed by atoms with Gasteiger partial charge in [0.2, 0.25) is 0 Å². The van der Waals surface area contributed by atoms with Gasteiger partial charge in [0.15, 0.2) is 22.7 Å². The summed E-state index contributed by atoms with van der Waals surface area (Å²) in [4.78, 5) is 13.3. The smallest absolute Gasteiger partial charge is 0.263 e. The summed E-state index contributed by atoms with van der Waals surface area (Å²) in [5.74, 6) is 0.0816. The molecule has 2 aromatic heterocycles. The van der Waals surface area contributed by atoms with Gasteiger partial charge in [0.05, 0.1) is 10.0 Å². The number of carbonyl (C=O) groups excluding carboxylic acids is 1. The SMILES string of the molecule is O=C(c1oc2c(Cl)cccc2c1CBr)c1oc2c(Cl)cccc2c1CBr. The number of hydrogen-bond donors (Lipinski definition) is 0. The molecule has 2 heterocycles. The summed E-state index contributed by atoms with van der Waals surface area (Å²) in [7, 11) is 0. The molecule has 0 amide bonds. The molecule has 0 saturated heterocycles. The zero-order valence-corrected chi connectivity index (χ0v) is 17.8. The third-order valence-corrected chi connectivity index (χ3v) is 5.94. The third kappa shape index (κ3) is 2.73. The van der Waals surface area contributed by atoms with Gasteiger partial charge in [-0.15, -0.1) is 0 Å². The summed E-state index contributed by atoms with van der Waals surface area (Å²) in [5.41, 5.74) is 2.45. The van der Waals surface area contributed by atoms with E-state index in [4.69, 9.17) is 32.0 Å². The van der Waals surface area contributed by atoms with E-state index >= 15 is 0 Å². The Kier molecular flexibility index (Phi) is 4.90. The van der Waals surface area contributed by atoms with Crippen molar-refractivity contribution in [2.45, 2.75) is 10.7 Å². The molecule has 0 radical (unpaired) electrons. The van der Waals surface area contributed by atoms with Gasteiger partial charge in [-0.25, -0.2) is 0 Å². The first kappa shape index (κ1) is 18.1. The van der Waals surface area contributed by atoms with Crippen LogP contribution in [0, 0.1) is 0 Å². The molecular formula is C19H10Br2Cl2O3. The van der Waals surface area contributed by atoms with Crippen LogP contribution < -0.4 is 0 Å². The van der Waals surface area contributed by atoms with Gasteiger partial charge in [-0.2, -0.15) is 0 Å². The minimum Gasteiger partial charge on any atom is -0.451 e. The van der Waals surface area contributed by atoms with Gasteiger partial charge in [-0.3, -0.25) is 4.79 Å². The van der Waals surface area contributed by atoms with Gasteiger partial charge in [0.25, 0.3) is 5.78 Å². The van der Waals surface area contributed by atoms with Crippen molar-refractivity contribution in [1.29, 1.82) is 0 Å². The van der Waals surface area contributed by atoms with Gasteiger partial charge in [-0.1, -0.05) is 79.3 Å². The van der Waals surface area contributed by atoms with Crippen molar-refractivity contribution in [1.82, 2.24) is 0 Å². The van der Waals surface area contributed by atoms with Crippen LogP contribution in [-0.2, 0) is 10.7 Å². The Bertz CT molecular complexity index is 1070. The molecule has 4 rings (SSSR count). The summed E-state index contributed by atoms with van der Waals surface area (Å²) < 4.78 is 11.7. The minimum absolute atomic E-state index is 0.211. The Morgan fingerprint density at radius 3 is 1.62 bits per heavy atom. The standard InChI is InChI=1S/C19H10Br2Cl2O3/c20-7-11-9-3-1-5-13(22)16(9)25-18(11)15(24)19-12(8-21)10-4-2-6-14(23)17(10)26-19/h1-6H,7-8H2. The van der Waals surface area contributed by atoms with E-state index in [-0.39, 0.29) is 17.3 Å². The van der Waals surface area contributed by atoms with E-state index in [0.717, 1.165) is 21.9 Å². The minimum atomic E-state index is -0.339. The highest BCUT2D eigenvalue weighted by atomic mass is 79.9. The molecule has 7 heteroatoms. The predicted molar refractivity (Wildman–Crippen MR) is 111 cm³/mol. The van der Waals surface area contributed by atoms with Crippen LogP contribution in [-0.4, -0.2) is 5.78 Å². The van der Waals surface area contributed by atoms with Crippen molar-refractivity contribution in [3.63, 3.8) is 0 Å². The normalized spacial score (nSPS) is 11.5. The van der Waals surface area contributed by atoms with Crippen molar-refractivity contribution in [2.24, 2.45) is 0 Å². The number of hydrogen-bond acceptors (Lipinski definition) is 3. The van der Waals surface area contributed by atoms with E-state index in [2.05, 4.69) is 31.9 Å². The number of alkyl halides is 2. The van der Waals surface area contributed by atoms with Crippen LogP contribution in [0.2, 0.25) is 10.0 Å². The van der Waals surface area contributed by atoms with Gasteiger partial charge in [0.1, 0.15) is 0 Å². The molecule has 0 N–H and O–H groups in total. The summed E-state index contributed by atoms with van der Waals surface area (Å²) in [6, 6.07) is 10.9. The first-order valence-electron chi connectivity index (χ1n) is 7.63. The largest absolute Gasteiger partial charge is 0.451 e. The number of rotatable bonds is 4. The van der Waals surface area contributed by atoms with Crippen molar-refractivity contribution in [2.75, 3.05) is 0 Å². The van der Waals surface area contributed by atoms with E-state index in [1.54, 1.807) is 12.1 Å².